The normalized spacial score (nSPS) is 15.7. The molecule has 0 unspecified atom stereocenters. The predicted octanol–water partition coefficient (Wildman–Crippen LogP) is 5.24. The maximum absolute atomic E-state index is 2.53. The largest absolute Gasteiger partial charge is 0.311 e. The molecule has 4 heterocycles. The number of fused-ring (bicyclic) bond motifs is 3. The Balaban J connectivity index is 1.40. The summed E-state index contributed by atoms with van der Waals surface area (Å²) in [5.41, 5.74) is 19.2. The summed E-state index contributed by atoms with van der Waals surface area (Å²) in [6, 6.07) is 49.8. The number of benzene rings is 6. The lowest BCUT2D eigenvalue weighted by atomic mass is 9.17. The van der Waals surface area contributed by atoms with E-state index in [1.54, 1.807) is 0 Å². The van der Waals surface area contributed by atoms with Gasteiger partial charge in [-0.25, -0.2) is 0 Å². The van der Waals surface area contributed by atoms with Crippen LogP contribution in [0.5, 0.6) is 0 Å². The summed E-state index contributed by atoms with van der Waals surface area (Å²) >= 11 is 0. The highest BCUT2D eigenvalue weighted by molar-refractivity contribution is 7.14. The Morgan fingerprint density at radius 3 is 1.60 bits per heavy atom. The summed E-state index contributed by atoms with van der Waals surface area (Å²) in [5.74, 6) is 0. The van der Waals surface area contributed by atoms with Crippen LogP contribution in [0.25, 0.3) is 0 Å². The van der Waals surface area contributed by atoms with Crippen molar-refractivity contribution in [1.29, 1.82) is 0 Å². The Morgan fingerprint density at radius 2 is 0.930 bits per heavy atom. The van der Waals surface area contributed by atoms with Crippen molar-refractivity contribution < 1.29 is 0 Å². The zero-order valence-corrected chi connectivity index (χ0v) is 24.3. The average Bonchev–Trinajstić information content (AvgIpc) is 3.05. The summed E-state index contributed by atoms with van der Waals surface area (Å²) < 4.78 is 0. The molecule has 4 aliphatic heterocycles. The molecule has 0 saturated heterocycles. The van der Waals surface area contributed by atoms with Crippen molar-refractivity contribution in [3.05, 3.63) is 145 Å². The van der Waals surface area contributed by atoms with Crippen LogP contribution in [0.1, 0.15) is 25.0 Å². The second-order valence-corrected chi connectivity index (χ2v) is 12.9. The lowest BCUT2D eigenvalue weighted by molar-refractivity contribution is 0.646. The van der Waals surface area contributed by atoms with Gasteiger partial charge in [0.15, 0.2) is 0 Å². The van der Waals surface area contributed by atoms with Gasteiger partial charge in [-0.3, -0.25) is 0 Å². The molecule has 6 aromatic carbocycles. The quantitative estimate of drug-likeness (QED) is 0.274. The third-order valence-electron chi connectivity index (χ3n) is 10.5. The third kappa shape index (κ3) is 2.82. The van der Waals surface area contributed by atoms with Crippen molar-refractivity contribution in [2.24, 2.45) is 0 Å². The standard InChI is InChI=1S/C39H28B2N2/c1-39(2)27-17-9-10-18-29(27)40-30-19-11-20-31-36(30)41-37-32(42(31)25-13-5-3-6-14-25)21-12-22-33(37)43(26-15-7-4-8-16-26)34-24-23-28(39)35(40)38(34)41/h3-24H,1-2H3. The molecule has 0 radical (unpaired) electrons. The lowest BCUT2D eigenvalue weighted by Gasteiger charge is -2.51. The maximum atomic E-state index is 2.53. The molecule has 10 rings (SSSR count). The Bertz CT molecular complexity index is 2100. The number of hydrogen-bond donors (Lipinski definition) is 0. The average molecular weight is 546 g/mol. The van der Waals surface area contributed by atoms with E-state index in [4.69, 9.17) is 0 Å². The van der Waals surface area contributed by atoms with Gasteiger partial charge in [0, 0.05) is 39.5 Å². The monoisotopic (exact) mass is 546 g/mol. The van der Waals surface area contributed by atoms with E-state index in [9.17, 15) is 0 Å². The summed E-state index contributed by atoms with van der Waals surface area (Å²) in [5, 5.41) is 0. The van der Waals surface area contributed by atoms with Gasteiger partial charge in [-0.2, -0.15) is 0 Å². The molecule has 0 atom stereocenters. The predicted molar refractivity (Wildman–Crippen MR) is 184 cm³/mol. The molecule has 4 heteroatoms. The zero-order valence-electron chi connectivity index (χ0n) is 24.3. The molecule has 6 aromatic rings. The van der Waals surface area contributed by atoms with Crippen LogP contribution in [0.4, 0.5) is 34.1 Å². The molecule has 0 fully saturated rings. The van der Waals surface area contributed by atoms with Crippen molar-refractivity contribution in [2.45, 2.75) is 19.3 Å². The maximum Gasteiger partial charge on any atom is 0.250 e. The van der Waals surface area contributed by atoms with E-state index >= 15 is 0 Å². The Hall–Kier alpha value is -4.95. The van der Waals surface area contributed by atoms with Gasteiger partial charge in [-0.15, -0.1) is 0 Å². The van der Waals surface area contributed by atoms with Gasteiger partial charge in [0.2, 0.25) is 6.71 Å². The van der Waals surface area contributed by atoms with E-state index in [2.05, 4.69) is 157 Å². The highest BCUT2D eigenvalue weighted by Gasteiger charge is 2.53. The van der Waals surface area contributed by atoms with Gasteiger partial charge in [0.25, 0.3) is 6.71 Å². The fourth-order valence-corrected chi connectivity index (χ4v) is 8.88. The van der Waals surface area contributed by atoms with E-state index in [-0.39, 0.29) is 18.8 Å². The molecule has 0 aromatic heterocycles. The molecule has 200 valence electrons. The molecular formula is C39H28B2N2. The van der Waals surface area contributed by atoms with Crippen LogP contribution < -0.4 is 42.6 Å². The molecule has 4 aliphatic rings. The van der Waals surface area contributed by atoms with Crippen LogP contribution in [0, 0.1) is 0 Å². The molecule has 0 N–H and O–H groups in total. The molecule has 0 aliphatic carbocycles. The molecule has 0 amide bonds. The summed E-state index contributed by atoms with van der Waals surface area (Å²) in [6.45, 7) is 5.21. The molecule has 0 bridgehead atoms. The minimum atomic E-state index is -0.0886. The topological polar surface area (TPSA) is 6.48 Å². The Morgan fingerprint density at radius 1 is 0.395 bits per heavy atom. The second-order valence-electron chi connectivity index (χ2n) is 12.9. The molecule has 0 saturated carbocycles. The van der Waals surface area contributed by atoms with Crippen molar-refractivity contribution in [1.82, 2.24) is 0 Å². The van der Waals surface area contributed by atoms with Crippen LogP contribution in [0.2, 0.25) is 0 Å². The van der Waals surface area contributed by atoms with Crippen LogP contribution in [0.15, 0.2) is 133 Å². The van der Waals surface area contributed by atoms with Gasteiger partial charge >= 0.3 is 0 Å². The molecule has 43 heavy (non-hydrogen) atoms. The van der Waals surface area contributed by atoms with Crippen molar-refractivity contribution in [3.8, 4) is 0 Å². The highest BCUT2D eigenvalue weighted by Crippen LogP contribution is 2.45. The first-order valence-corrected chi connectivity index (χ1v) is 15.4. The number of hydrogen-bond acceptors (Lipinski definition) is 2. The fourth-order valence-electron chi connectivity index (χ4n) is 8.88. The molecule has 2 nitrogen and oxygen atoms in total. The zero-order chi connectivity index (χ0) is 28.4. The van der Waals surface area contributed by atoms with E-state index in [1.165, 1.54) is 78.0 Å². The number of para-hydroxylation sites is 2. The summed E-state index contributed by atoms with van der Waals surface area (Å²) in [6.07, 6.45) is 0. The first kappa shape index (κ1) is 23.6. The van der Waals surface area contributed by atoms with Gasteiger partial charge in [0.1, 0.15) is 0 Å². The lowest BCUT2D eigenvalue weighted by Crippen LogP contribution is -2.80. The SMILES string of the molecule is CC1(C)c2ccccc2B2c3cccc4c3B3c5c(cccc5N(c5ccccc5)c5ccc1c2c53)N4c1ccccc1. The van der Waals surface area contributed by atoms with Crippen molar-refractivity contribution in [2.75, 3.05) is 9.80 Å². The summed E-state index contributed by atoms with van der Waals surface area (Å²) in [4.78, 5) is 5.04. The second kappa shape index (κ2) is 8.11. The minimum Gasteiger partial charge on any atom is -0.311 e. The fraction of sp³-hybridized carbons (Fsp3) is 0.0769. The van der Waals surface area contributed by atoms with Gasteiger partial charge in [-0.05, 0) is 76.0 Å². The molecular weight excluding hydrogens is 518 g/mol. The van der Waals surface area contributed by atoms with E-state index < -0.39 is 0 Å². The van der Waals surface area contributed by atoms with Gasteiger partial charge in [-0.1, -0.05) is 115 Å². The van der Waals surface area contributed by atoms with E-state index in [0.29, 0.717) is 0 Å². The third-order valence-corrected chi connectivity index (χ3v) is 10.5. The number of nitrogens with zero attached hydrogens (tertiary/aromatic N) is 2. The van der Waals surface area contributed by atoms with Crippen LogP contribution in [-0.4, -0.2) is 13.4 Å². The Kier molecular flexibility index (Phi) is 4.45. The first-order valence-electron chi connectivity index (χ1n) is 15.4. The van der Waals surface area contributed by atoms with Crippen molar-refractivity contribution >= 4 is 80.3 Å². The highest BCUT2D eigenvalue weighted by atomic mass is 15.2. The number of rotatable bonds is 2. The van der Waals surface area contributed by atoms with Crippen LogP contribution >= 0.6 is 0 Å². The number of anilines is 6. The smallest absolute Gasteiger partial charge is 0.250 e. The van der Waals surface area contributed by atoms with Gasteiger partial charge in [0.05, 0.1) is 0 Å². The Labute approximate surface area is 253 Å². The minimum absolute atomic E-state index is 0.0886. The van der Waals surface area contributed by atoms with E-state index in [1.807, 2.05) is 0 Å². The molecule has 0 spiro atoms. The van der Waals surface area contributed by atoms with E-state index in [0.717, 1.165) is 0 Å². The van der Waals surface area contributed by atoms with Crippen LogP contribution in [0.3, 0.4) is 0 Å². The van der Waals surface area contributed by atoms with Gasteiger partial charge < -0.3 is 9.80 Å². The first-order chi connectivity index (χ1) is 21.1. The van der Waals surface area contributed by atoms with Crippen molar-refractivity contribution in [3.63, 3.8) is 0 Å². The van der Waals surface area contributed by atoms with Crippen LogP contribution in [-0.2, 0) is 5.41 Å². The summed E-state index contributed by atoms with van der Waals surface area (Å²) in [7, 11) is 0.